The number of hydrogen-bond acceptors (Lipinski definition) is 1. The molecule has 27 valence electrons. The zero-order valence-electron chi connectivity index (χ0n) is 3.19. The molecule has 0 aliphatic carbocycles. The van der Waals surface area contributed by atoms with Gasteiger partial charge in [-0.2, -0.15) is 0 Å². The smallest absolute Gasteiger partial charge is 0 e. The third-order valence-corrected chi connectivity index (χ3v) is 0. The minimum absolute atomic E-state index is 0. The Kier molecular flexibility index (Phi) is 8.51. The fourth-order valence-corrected chi connectivity index (χ4v) is 0. The van der Waals surface area contributed by atoms with E-state index in [1.54, 1.807) is 0 Å². The van der Waals surface area contributed by atoms with Crippen LogP contribution in [-0.2, 0) is 37.5 Å². The van der Waals surface area contributed by atoms with Crippen molar-refractivity contribution in [3.63, 3.8) is 0 Å². The topological polar surface area (TPSA) is 17.1 Å². The van der Waals surface area contributed by atoms with Crippen LogP contribution in [0.3, 0.4) is 0 Å². The van der Waals surface area contributed by atoms with E-state index in [-0.39, 0.29) is 38.5 Å². The van der Waals surface area contributed by atoms with Gasteiger partial charge in [-0.25, -0.2) is 0 Å². The molecule has 0 saturated heterocycles. The van der Waals surface area contributed by atoms with Crippen LogP contribution < -0.4 is 0 Å². The van der Waals surface area contributed by atoms with Crippen molar-refractivity contribution in [1.82, 2.24) is 0 Å². The Morgan fingerprint density at radius 1 is 1.80 bits per heavy atom. The molecule has 0 fully saturated rings. The molecule has 0 N–H and O–H groups in total. The Hall–Kier alpha value is 0.644. The van der Waals surface area contributed by atoms with Gasteiger partial charge < -0.3 is 11.7 Å². The fourth-order valence-electron chi connectivity index (χ4n) is 0. The van der Waals surface area contributed by atoms with Crippen molar-refractivity contribution in [3.8, 4) is 0 Å². The van der Waals surface area contributed by atoms with Crippen LogP contribution >= 0.6 is 0 Å². The molecule has 0 amide bonds. The number of hydrogen-bond donors (Lipinski definition) is 0. The molecular formula is C3H5OY-. The molecule has 0 unspecified atom stereocenters. The molecule has 0 aromatic heterocycles. The van der Waals surface area contributed by atoms with Crippen molar-refractivity contribution in [3.05, 3.63) is 6.92 Å². The van der Waals surface area contributed by atoms with E-state index in [9.17, 15) is 4.79 Å². The first-order valence-corrected chi connectivity index (χ1v) is 1.06. The standard InChI is InChI=1S/C3H5O.Y/c1-3(2)4;/h1H2,2H3;/q-1;. The minimum Gasteiger partial charge on any atom is -0.340 e. The molecular weight excluding hydrogens is 141 g/mol. The van der Waals surface area contributed by atoms with Crippen LogP contribution in [0.2, 0.25) is 0 Å². The van der Waals surface area contributed by atoms with Crippen LogP contribution in [0.5, 0.6) is 0 Å². The quantitative estimate of drug-likeness (QED) is 0.452. The van der Waals surface area contributed by atoms with Gasteiger partial charge in [0.2, 0.25) is 0 Å². The van der Waals surface area contributed by atoms with Crippen LogP contribution in [0.4, 0.5) is 0 Å². The summed E-state index contributed by atoms with van der Waals surface area (Å²) in [5.41, 5.74) is 0. The molecule has 5 heavy (non-hydrogen) atoms. The third kappa shape index (κ3) is 78.3. The van der Waals surface area contributed by atoms with Gasteiger partial charge in [-0.05, 0) is 12.7 Å². The number of carbonyl (C=O) groups excluding carboxylic acids is 1. The van der Waals surface area contributed by atoms with Crippen molar-refractivity contribution >= 4 is 5.78 Å². The fraction of sp³-hybridized carbons (Fsp3) is 0.333. The average molecular weight is 146 g/mol. The predicted molar refractivity (Wildman–Crippen MR) is 16.0 cm³/mol. The Balaban J connectivity index is 0. The van der Waals surface area contributed by atoms with E-state index in [2.05, 4.69) is 6.92 Å². The monoisotopic (exact) mass is 146 g/mol. The Morgan fingerprint density at radius 2 is 1.80 bits per heavy atom. The van der Waals surface area contributed by atoms with Crippen molar-refractivity contribution in [2.45, 2.75) is 6.92 Å². The van der Waals surface area contributed by atoms with Crippen molar-refractivity contribution in [2.75, 3.05) is 0 Å². The normalized spacial score (nSPS) is 5.00. The predicted octanol–water partition coefficient (Wildman–Crippen LogP) is 0.407. The molecule has 1 nitrogen and oxygen atoms in total. The van der Waals surface area contributed by atoms with E-state index >= 15 is 0 Å². The zero-order chi connectivity index (χ0) is 3.58. The van der Waals surface area contributed by atoms with Gasteiger partial charge in [-0.3, -0.25) is 0 Å². The summed E-state index contributed by atoms with van der Waals surface area (Å²) in [5, 5.41) is 0. The minimum atomic E-state index is -0.0833. The van der Waals surface area contributed by atoms with Crippen LogP contribution in [0.1, 0.15) is 6.92 Å². The van der Waals surface area contributed by atoms with Gasteiger partial charge in [-0.15, -0.1) is 0 Å². The maximum atomic E-state index is 9.33. The van der Waals surface area contributed by atoms with E-state index in [0.717, 1.165) is 0 Å². The largest absolute Gasteiger partial charge is 0.340 e. The molecule has 0 saturated carbocycles. The average Bonchev–Trinajstić information content (AvgIpc) is 0.811. The SMILES string of the molecule is [CH2-]C(C)=O.[Y]. The second kappa shape index (κ2) is 4.64. The number of carbonyl (C=O) groups is 1. The van der Waals surface area contributed by atoms with E-state index < -0.39 is 0 Å². The van der Waals surface area contributed by atoms with Gasteiger partial charge in [0.15, 0.2) is 0 Å². The first-order valence-electron chi connectivity index (χ1n) is 1.06. The summed E-state index contributed by atoms with van der Waals surface area (Å²) in [6.45, 7) is 4.42. The van der Waals surface area contributed by atoms with Gasteiger partial charge >= 0.3 is 0 Å². The van der Waals surface area contributed by atoms with Crippen LogP contribution in [-0.4, -0.2) is 5.78 Å². The molecule has 0 rings (SSSR count). The summed E-state index contributed by atoms with van der Waals surface area (Å²) in [6.07, 6.45) is 0. The maximum Gasteiger partial charge on any atom is 0 e. The Morgan fingerprint density at radius 3 is 1.80 bits per heavy atom. The molecule has 1 radical (unpaired) electrons. The van der Waals surface area contributed by atoms with Gasteiger partial charge in [0.1, 0.15) is 0 Å². The van der Waals surface area contributed by atoms with Gasteiger partial charge in [0, 0.05) is 32.7 Å². The summed E-state index contributed by atoms with van der Waals surface area (Å²) >= 11 is 0. The van der Waals surface area contributed by atoms with Crippen LogP contribution in [0.25, 0.3) is 0 Å². The summed E-state index contributed by atoms with van der Waals surface area (Å²) in [7, 11) is 0. The molecule has 0 aliphatic heterocycles. The van der Waals surface area contributed by atoms with Crippen LogP contribution in [0, 0.1) is 6.92 Å². The van der Waals surface area contributed by atoms with Crippen LogP contribution in [0.15, 0.2) is 0 Å². The molecule has 0 spiro atoms. The van der Waals surface area contributed by atoms with Gasteiger partial charge in [0.05, 0.1) is 0 Å². The molecule has 0 heterocycles. The van der Waals surface area contributed by atoms with E-state index in [1.807, 2.05) is 0 Å². The van der Waals surface area contributed by atoms with E-state index in [4.69, 9.17) is 0 Å². The van der Waals surface area contributed by atoms with Crippen molar-refractivity contribution in [2.24, 2.45) is 0 Å². The number of rotatable bonds is 0. The van der Waals surface area contributed by atoms with Crippen molar-refractivity contribution in [1.29, 1.82) is 0 Å². The van der Waals surface area contributed by atoms with Gasteiger partial charge in [0.25, 0.3) is 0 Å². The summed E-state index contributed by atoms with van der Waals surface area (Å²) in [5.74, 6) is -0.0833. The Labute approximate surface area is 57.0 Å². The molecule has 2 heteroatoms. The van der Waals surface area contributed by atoms with E-state index in [0.29, 0.717) is 0 Å². The zero-order valence-corrected chi connectivity index (χ0v) is 6.03. The Bertz CT molecular complexity index is 29.9. The molecule has 0 bridgehead atoms. The summed E-state index contributed by atoms with van der Waals surface area (Å²) < 4.78 is 0. The maximum absolute atomic E-state index is 9.33. The summed E-state index contributed by atoms with van der Waals surface area (Å²) in [6, 6.07) is 0. The number of ketones is 1. The second-order valence-electron chi connectivity index (χ2n) is 0.702. The first kappa shape index (κ1) is 9.17. The second-order valence-corrected chi connectivity index (χ2v) is 0.702. The van der Waals surface area contributed by atoms with Crippen molar-refractivity contribution < 1.29 is 37.5 Å². The molecule has 0 aromatic carbocycles. The summed E-state index contributed by atoms with van der Waals surface area (Å²) in [4.78, 5) is 9.33. The number of Topliss-reactive ketones (excluding diaryl/α,β-unsaturated/α-hetero) is 1. The molecule has 0 atom stereocenters. The van der Waals surface area contributed by atoms with Gasteiger partial charge in [-0.1, -0.05) is 0 Å². The molecule has 0 aromatic rings. The molecule has 0 aliphatic rings. The van der Waals surface area contributed by atoms with E-state index in [1.165, 1.54) is 6.92 Å². The first-order chi connectivity index (χ1) is 1.73. The third-order valence-electron chi connectivity index (χ3n) is 0.